The number of rotatable bonds is 3. The monoisotopic (exact) mass is 554 g/mol. The molecular weight excluding hydrogens is 531 g/mol. The van der Waals surface area contributed by atoms with E-state index in [0.29, 0.717) is 11.1 Å². The number of amides is 4. The molecule has 0 bridgehead atoms. The van der Waals surface area contributed by atoms with Gasteiger partial charge in [-0.05, 0) is 49.9 Å². The SMILES string of the molecule is COc1cccc(C2C3=CCC4C(=O)N(O)C(=O)C4C3CC3C(=O)N(c4ccc(F)c(Cl)c4)C(=O)C32C)c1O. The molecule has 2 aromatic rings. The largest absolute Gasteiger partial charge is 0.504 e. The number of hydrogen-bond acceptors (Lipinski definition) is 7. The number of carbonyl (C=O) groups is 4. The van der Waals surface area contributed by atoms with E-state index in [-0.39, 0.29) is 40.1 Å². The summed E-state index contributed by atoms with van der Waals surface area (Å²) in [5, 5.41) is 21.2. The van der Waals surface area contributed by atoms with Crippen LogP contribution < -0.4 is 9.64 Å². The van der Waals surface area contributed by atoms with E-state index in [0.717, 1.165) is 11.0 Å². The topological polar surface area (TPSA) is 124 Å². The van der Waals surface area contributed by atoms with E-state index in [1.807, 2.05) is 0 Å². The highest BCUT2D eigenvalue weighted by molar-refractivity contribution is 6.31. The first-order valence-electron chi connectivity index (χ1n) is 12.5. The zero-order valence-corrected chi connectivity index (χ0v) is 21.7. The molecule has 2 aliphatic heterocycles. The van der Waals surface area contributed by atoms with Gasteiger partial charge < -0.3 is 9.84 Å². The quantitative estimate of drug-likeness (QED) is 0.336. The molecule has 11 heteroatoms. The Morgan fingerprint density at radius 2 is 1.82 bits per heavy atom. The molecule has 202 valence electrons. The maximum atomic E-state index is 14.2. The van der Waals surface area contributed by atoms with Crippen molar-refractivity contribution < 1.29 is 38.6 Å². The maximum absolute atomic E-state index is 14.2. The van der Waals surface area contributed by atoms with Crippen LogP contribution in [0.4, 0.5) is 10.1 Å². The van der Waals surface area contributed by atoms with Gasteiger partial charge in [-0.25, -0.2) is 9.29 Å². The van der Waals surface area contributed by atoms with Crippen molar-refractivity contribution >= 4 is 40.9 Å². The number of hydrogen-bond donors (Lipinski definition) is 2. The third-order valence-electron chi connectivity index (χ3n) is 8.97. The Hall–Kier alpha value is -3.76. The molecule has 1 saturated carbocycles. The lowest BCUT2D eigenvalue weighted by atomic mass is 9.51. The number of ether oxygens (including phenoxy) is 1. The van der Waals surface area contributed by atoms with Crippen molar-refractivity contribution in [1.82, 2.24) is 5.06 Å². The minimum atomic E-state index is -1.42. The number of nitrogens with zero attached hydrogens (tertiary/aromatic N) is 2. The van der Waals surface area contributed by atoms with Crippen LogP contribution in [0.3, 0.4) is 0 Å². The van der Waals surface area contributed by atoms with Gasteiger partial charge in [0.25, 0.3) is 11.8 Å². The lowest BCUT2D eigenvalue weighted by Crippen LogP contribution is -2.48. The molecule has 3 fully saturated rings. The normalized spacial score (nSPS) is 31.7. The molecule has 0 radical (unpaired) electrons. The van der Waals surface area contributed by atoms with Crippen LogP contribution in [0.15, 0.2) is 48.0 Å². The molecule has 2 heterocycles. The second-order valence-electron chi connectivity index (χ2n) is 10.6. The molecule has 2 N–H and O–H groups in total. The van der Waals surface area contributed by atoms with Gasteiger partial charge in [0.05, 0.1) is 41.0 Å². The zero-order chi connectivity index (χ0) is 28.0. The highest BCUT2D eigenvalue weighted by Crippen LogP contribution is 2.64. The highest BCUT2D eigenvalue weighted by atomic mass is 35.5. The molecule has 6 rings (SSSR count). The Balaban J connectivity index is 1.56. The highest BCUT2D eigenvalue weighted by Gasteiger charge is 2.68. The van der Waals surface area contributed by atoms with Crippen molar-refractivity contribution in [1.29, 1.82) is 0 Å². The molecule has 6 unspecified atom stereocenters. The first-order chi connectivity index (χ1) is 18.5. The van der Waals surface area contributed by atoms with Gasteiger partial charge in [-0.2, -0.15) is 5.06 Å². The number of phenolic OH excluding ortho intramolecular Hbond substituents is 1. The molecule has 0 aromatic heterocycles. The molecular formula is C28H24ClFN2O7. The third kappa shape index (κ3) is 3.28. The molecule has 9 nitrogen and oxygen atoms in total. The maximum Gasteiger partial charge on any atom is 0.257 e. The van der Waals surface area contributed by atoms with Gasteiger partial charge in [0.2, 0.25) is 11.8 Å². The first-order valence-corrected chi connectivity index (χ1v) is 12.9. The number of fused-ring (bicyclic) bond motifs is 4. The number of para-hydroxylation sites is 1. The van der Waals surface area contributed by atoms with E-state index < -0.39 is 64.5 Å². The number of carbonyl (C=O) groups excluding carboxylic acids is 4. The van der Waals surface area contributed by atoms with Crippen LogP contribution in [0.5, 0.6) is 11.5 Å². The number of methoxy groups -OCH3 is 1. The summed E-state index contributed by atoms with van der Waals surface area (Å²) in [6, 6.07) is 8.41. The lowest BCUT2D eigenvalue weighted by Gasteiger charge is -2.49. The summed E-state index contributed by atoms with van der Waals surface area (Å²) in [5.41, 5.74) is -0.352. The number of hydroxylamine groups is 2. The van der Waals surface area contributed by atoms with Crippen molar-refractivity contribution in [3.8, 4) is 11.5 Å². The number of allylic oxidation sites excluding steroid dienone is 2. The summed E-state index contributed by atoms with van der Waals surface area (Å²) in [6.45, 7) is 1.65. The Labute approximate surface area is 227 Å². The van der Waals surface area contributed by atoms with Crippen molar-refractivity contribution in [2.75, 3.05) is 12.0 Å². The van der Waals surface area contributed by atoms with Gasteiger partial charge in [0.1, 0.15) is 5.82 Å². The number of benzene rings is 2. The predicted molar refractivity (Wildman–Crippen MR) is 134 cm³/mol. The predicted octanol–water partition coefficient (Wildman–Crippen LogP) is 3.81. The van der Waals surface area contributed by atoms with Gasteiger partial charge in [-0.15, -0.1) is 0 Å². The van der Waals surface area contributed by atoms with Crippen LogP contribution >= 0.6 is 11.6 Å². The number of phenols is 1. The molecule has 2 saturated heterocycles. The van der Waals surface area contributed by atoms with Crippen LogP contribution in [-0.2, 0) is 19.2 Å². The van der Waals surface area contributed by atoms with E-state index in [4.69, 9.17) is 16.3 Å². The van der Waals surface area contributed by atoms with Crippen molar-refractivity contribution in [2.24, 2.45) is 29.1 Å². The number of aromatic hydroxyl groups is 1. The minimum Gasteiger partial charge on any atom is -0.504 e. The van der Waals surface area contributed by atoms with Crippen molar-refractivity contribution in [3.63, 3.8) is 0 Å². The van der Waals surface area contributed by atoms with Crippen LogP contribution in [0.1, 0.15) is 31.2 Å². The van der Waals surface area contributed by atoms with Gasteiger partial charge in [-0.3, -0.25) is 24.4 Å². The smallest absolute Gasteiger partial charge is 0.257 e. The summed E-state index contributed by atoms with van der Waals surface area (Å²) in [5.74, 6) is -7.52. The van der Waals surface area contributed by atoms with Crippen LogP contribution in [-0.4, -0.2) is 46.1 Å². The molecule has 6 atom stereocenters. The summed E-state index contributed by atoms with van der Waals surface area (Å²) < 4.78 is 19.2. The summed E-state index contributed by atoms with van der Waals surface area (Å²) in [6.07, 6.45) is 2.00. The zero-order valence-electron chi connectivity index (χ0n) is 20.9. The number of imide groups is 2. The molecule has 39 heavy (non-hydrogen) atoms. The molecule has 2 aliphatic carbocycles. The van der Waals surface area contributed by atoms with Crippen LogP contribution in [0.2, 0.25) is 5.02 Å². The van der Waals surface area contributed by atoms with Gasteiger partial charge in [0.15, 0.2) is 11.5 Å². The van der Waals surface area contributed by atoms with Crippen LogP contribution in [0, 0.1) is 34.9 Å². The number of halogens is 2. The average Bonchev–Trinajstić information content (AvgIpc) is 3.26. The van der Waals surface area contributed by atoms with E-state index in [1.54, 1.807) is 31.2 Å². The lowest BCUT2D eigenvalue weighted by molar-refractivity contribution is -0.173. The Morgan fingerprint density at radius 1 is 1.08 bits per heavy atom. The third-order valence-corrected chi connectivity index (χ3v) is 9.26. The van der Waals surface area contributed by atoms with Gasteiger partial charge in [-0.1, -0.05) is 35.4 Å². The fourth-order valence-corrected chi connectivity index (χ4v) is 7.32. The van der Waals surface area contributed by atoms with Crippen LogP contribution in [0.25, 0.3) is 0 Å². The fourth-order valence-electron chi connectivity index (χ4n) is 7.15. The van der Waals surface area contributed by atoms with E-state index in [9.17, 15) is 33.9 Å². The van der Waals surface area contributed by atoms with E-state index >= 15 is 0 Å². The Morgan fingerprint density at radius 3 is 2.51 bits per heavy atom. The number of anilines is 1. The van der Waals surface area contributed by atoms with E-state index in [2.05, 4.69) is 0 Å². The summed E-state index contributed by atoms with van der Waals surface area (Å²) in [4.78, 5) is 54.8. The van der Waals surface area contributed by atoms with Gasteiger partial charge in [0, 0.05) is 11.5 Å². The summed E-state index contributed by atoms with van der Waals surface area (Å²) in [7, 11) is 1.39. The molecule has 0 spiro atoms. The second kappa shape index (κ2) is 8.62. The first kappa shape index (κ1) is 25.5. The minimum absolute atomic E-state index is 0.0631. The Bertz CT molecular complexity index is 1510. The van der Waals surface area contributed by atoms with Crippen molar-refractivity contribution in [3.05, 3.63) is 64.5 Å². The van der Waals surface area contributed by atoms with Gasteiger partial charge >= 0.3 is 0 Å². The average molecular weight is 555 g/mol. The Kier molecular flexibility index (Phi) is 5.64. The molecule has 4 aliphatic rings. The molecule has 2 aromatic carbocycles. The van der Waals surface area contributed by atoms with E-state index in [1.165, 1.54) is 19.2 Å². The summed E-state index contributed by atoms with van der Waals surface area (Å²) >= 11 is 5.98. The van der Waals surface area contributed by atoms with Crippen molar-refractivity contribution in [2.45, 2.75) is 25.7 Å². The second-order valence-corrected chi connectivity index (χ2v) is 11.1. The fraction of sp³-hybridized carbons (Fsp3) is 0.357. The molecule has 4 amide bonds. The standard InChI is InChI=1S/C28H24ClFN2O7/c1-28-17(25(35)31(27(28)37)12-6-9-19(30)18(29)10-12)11-16-13(7-8-14-21(16)26(36)32(38)24(14)34)22(28)15-4-3-5-20(39-2)23(15)33/h3-7,9-10,14,16-17,21-22,33,38H,8,11H2,1-2H3.